The van der Waals surface area contributed by atoms with Gasteiger partial charge in [0.15, 0.2) is 5.65 Å². The minimum absolute atomic E-state index is 0.0391. The third kappa shape index (κ3) is 3.85. The summed E-state index contributed by atoms with van der Waals surface area (Å²) in [4.78, 5) is 4.65. The highest BCUT2D eigenvalue weighted by molar-refractivity contribution is 5.96. The third-order valence-corrected chi connectivity index (χ3v) is 5.88. The molecular weight excluding hydrogens is 368 g/mol. The van der Waals surface area contributed by atoms with Crippen LogP contribution in [0.2, 0.25) is 0 Å². The number of rotatable bonds is 5. The molecule has 1 unspecified atom stereocenters. The van der Waals surface area contributed by atoms with Crippen molar-refractivity contribution in [3.63, 3.8) is 0 Å². The molecule has 1 saturated heterocycles. The molecule has 3 aromatic rings. The van der Waals surface area contributed by atoms with Gasteiger partial charge in [0.25, 0.3) is 5.89 Å². The van der Waals surface area contributed by atoms with E-state index < -0.39 is 0 Å². The molecule has 1 aliphatic heterocycles. The Hall–Kier alpha value is -2.48. The molecule has 0 aliphatic carbocycles. The number of ether oxygens (including phenoxy) is 1. The second-order valence-corrected chi connectivity index (χ2v) is 8.81. The number of aryl methyl sites for hydroxylation is 1. The summed E-state index contributed by atoms with van der Waals surface area (Å²) in [6.07, 6.45) is 5.60. The normalized spacial score (nSPS) is 17.0. The highest BCUT2D eigenvalue weighted by Gasteiger charge is 2.28. The van der Waals surface area contributed by atoms with Crippen molar-refractivity contribution < 1.29 is 9.15 Å². The molecule has 0 amide bonds. The summed E-state index contributed by atoms with van der Waals surface area (Å²) < 4.78 is 13.5. The van der Waals surface area contributed by atoms with Crippen LogP contribution < -0.4 is 5.32 Å². The highest BCUT2D eigenvalue weighted by atomic mass is 16.5. The fourth-order valence-electron chi connectivity index (χ4n) is 3.51. The lowest BCUT2D eigenvalue weighted by molar-refractivity contribution is 0.0905. The molecule has 1 aliphatic rings. The zero-order valence-electron chi connectivity index (χ0n) is 17.9. The van der Waals surface area contributed by atoms with Crippen molar-refractivity contribution in [1.29, 1.82) is 0 Å². The van der Waals surface area contributed by atoms with Crippen LogP contribution in [0.25, 0.3) is 22.5 Å². The molecule has 0 radical (unpaired) electrons. The predicted molar refractivity (Wildman–Crippen MR) is 112 cm³/mol. The van der Waals surface area contributed by atoms with Gasteiger partial charge in [0.1, 0.15) is 0 Å². The van der Waals surface area contributed by atoms with Gasteiger partial charge in [-0.3, -0.25) is 0 Å². The van der Waals surface area contributed by atoms with Crippen molar-refractivity contribution in [3.8, 4) is 11.5 Å². The molecule has 4 heterocycles. The smallest absolute Gasteiger partial charge is 0.251 e. The van der Waals surface area contributed by atoms with E-state index in [0.717, 1.165) is 54.9 Å². The summed E-state index contributed by atoms with van der Waals surface area (Å²) in [7, 11) is 0. The summed E-state index contributed by atoms with van der Waals surface area (Å²) in [6, 6.07) is 0.328. The highest BCUT2D eigenvalue weighted by Crippen LogP contribution is 2.38. The van der Waals surface area contributed by atoms with Crippen molar-refractivity contribution in [2.24, 2.45) is 5.41 Å². The van der Waals surface area contributed by atoms with Gasteiger partial charge in [0.2, 0.25) is 5.89 Å². The Labute approximate surface area is 171 Å². The van der Waals surface area contributed by atoms with Gasteiger partial charge in [-0.25, -0.2) is 9.67 Å². The largest absolute Gasteiger partial charge is 0.420 e. The first-order valence-electron chi connectivity index (χ1n) is 10.4. The number of anilines is 1. The minimum Gasteiger partial charge on any atom is -0.420 e. The van der Waals surface area contributed by atoms with E-state index in [4.69, 9.17) is 9.15 Å². The second-order valence-electron chi connectivity index (χ2n) is 8.81. The standard InChI is InChI=1S/C21H30N6O2/c1-6-27-18-15(12-23-27)17(24-14-7-9-28-10-8-14)16(11-22-18)20-26-25-19(29-20)13(2)21(3,4)5/h11-14H,6-10H2,1-5H3,(H,22,24). The Morgan fingerprint density at radius 3 is 2.66 bits per heavy atom. The maximum absolute atomic E-state index is 6.12. The van der Waals surface area contributed by atoms with Gasteiger partial charge in [0.05, 0.1) is 22.8 Å². The van der Waals surface area contributed by atoms with Crippen LogP contribution in [-0.4, -0.2) is 44.2 Å². The van der Waals surface area contributed by atoms with Crippen molar-refractivity contribution in [3.05, 3.63) is 18.3 Å². The van der Waals surface area contributed by atoms with Crippen LogP contribution in [0.1, 0.15) is 59.3 Å². The number of aromatic nitrogens is 5. The molecule has 156 valence electrons. The van der Waals surface area contributed by atoms with Crippen LogP contribution in [0.4, 0.5) is 5.69 Å². The maximum atomic E-state index is 6.12. The lowest BCUT2D eigenvalue weighted by atomic mass is 9.82. The van der Waals surface area contributed by atoms with Gasteiger partial charge in [-0.1, -0.05) is 27.7 Å². The van der Waals surface area contributed by atoms with E-state index in [0.29, 0.717) is 17.8 Å². The molecule has 0 spiro atoms. The zero-order valence-corrected chi connectivity index (χ0v) is 17.9. The number of fused-ring (bicyclic) bond motifs is 1. The molecule has 1 N–H and O–H groups in total. The minimum atomic E-state index is 0.0391. The van der Waals surface area contributed by atoms with Gasteiger partial charge in [-0.15, -0.1) is 10.2 Å². The quantitative estimate of drug-likeness (QED) is 0.687. The van der Waals surface area contributed by atoms with E-state index in [1.54, 1.807) is 0 Å². The lowest BCUT2D eigenvalue weighted by Crippen LogP contribution is -2.28. The average Bonchev–Trinajstić information content (AvgIpc) is 3.35. The summed E-state index contributed by atoms with van der Waals surface area (Å²) in [5.74, 6) is 1.29. The first-order chi connectivity index (χ1) is 13.9. The van der Waals surface area contributed by atoms with Gasteiger partial charge in [-0.05, 0) is 25.2 Å². The number of hydrogen-bond donors (Lipinski definition) is 1. The summed E-state index contributed by atoms with van der Waals surface area (Å²) >= 11 is 0. The molecule has 1 atom stereocenters. The Bertz CT molecular complexity index is 981. The Balaban J connectivity index is 1.77. The van der Waals surface area contributed by atoms with Crippen molar-refractivity contribution in [1.82, 2.24) is 25.0 Å². The first-order valence-corrected chi connectivity index (χ1v) is 10.4. The van der Waals surface area contributed by atoms with E-state index in [9.17, 15) is 0 Å². The summed E-state index contributed by atoms with van der Waals surface area (Å²) in [5.41, 5.74) is 2.67. The molecule has 1 fully saturated rings. The Morgan fingerprint density at radius 2 is 1.97 bits per heavy atom. The molecule has 0 saturated carbocycles. The molecule has 29 heavy (non-hydrogen) atoms. The van der Waals surface area contributed by atoms with Gasteiger partial charge < -0.3 is 14.5 Å². The van der Waals surface area contributed by atoms with Crippen LogP contribution in [0.15, 0.2) is 16.8 Å². The van der Waals surface area contributed by atoms with E-state index in [-0.39, 0.29) is 11.3 Å². The van der Waals surface area contributed by atoms with E-state index >= 15 is 0 Å². The Morgan fingerprint density at radius 1 is 1.21 bits per heavy atom. The molecule has 3 aromatic heterocycles. The van der Waals surface area contributed by atoms with E-state index in [1.165, 1.54) is 0 Å². The second kappa shape index (κ2) is 7.74. The topological polar surface area (TPSA) is 90.9 Å². The summed E-state index contributed by atoms with van der Waals surface area (Å²) in [6.45, 7) is 13.0. The van der Waals surface area contributed by atoms with Crippen LogP contribution >= 0.6 is 0 Å². The molecule has 0 aromatic carbocycles. The van der Waals surface area contributed by atoms with Crippen LogP contribution in [0.3, 0.4) is 0 Å². The molecular formula is C21H30N6O2. The van der Waals surface area contributed by atoms with Gasteiger partial charge in [-0.2, -0.15) is 5.10 Å². The number of pyridine rings is 1. The first kappa shape index (κ1) is 19.8. The molecule has 8 heteroatoms. The molecule has 0 bridgehead atoms. The van der Waals surface area contributed by atoms with Crippen LogP contribution in [0.5, 0.6) is 0 Å². The van der Waals surface area contributed by atoms with E-state index in [2.05, 4.69) is 60.2 Å². The molecule has 4 rings (SSSR count). The third-order valence-electron chi connectivity index (χ3n) is 5.88. The zero-order chi connectivity index (χ0) is 20.6. The number of hydrogen-bond acceptors (Lipinski definition) is 7. The van der Waals surface area contributed by atoms with Gasteiger partial charge in [0, 0.05) is 37.9 Å². The fourth-order valence-corrected chi connectivity index (χ4v) is 3.51. The van der Waals surface area contributed by atoms with E-state index in [1.807, 2.05) is 17.1 Å². The SMILES string of the molecule is CCn1ncc2c(NC3CCOCC3)c(-c3nnc(C(C)C(C)(C)C)o3)cnc21. The Kier molecular flexibility index (Phi) is 5.29. The van der Waals surface area contributed by atoms with Crippen LogP contribution in [-0.2, 0) is 11.3 Å². The molecule has 8 nitrogen and oxygen atoms in total. The fraction of sp³-hybridized carbons (Fsp3) is 0.619. The van der Waals surface area contributed by atoms with Crippen molar-refractivity contribution in [2.75, 3.05) is 18.5 Å². The summed E-state index contributed by atoms with van der Waals surface area (Å²) in [5, 5.41) is 17.9. The lowest BCUT2D eigenvalue weighted by Gasteiger charge is -2.25. The average molecular weight is 399 g/mol. The number of nitrogens with zero attached hydrogens (tertiary/aromatic N) is 5. The van der Waals surface area contributed by atoms with Crippen molar-refractivity contribution >= 4 is 16.7 Å². The van der Waals surface area contributed by atoms with Crippen molar-refractivity contribution in [2.45, 2.75) is 66.0 Å². The van der Waals surface area contributed by atoms with Crippen LogP contribution in [0, 0.1) is 5.41 Å². The number of nitrogens with one attached hydrogen (secondary N) is 1. The van der Waals surface area contributed by atoms with Gasteiger partial charge >= 0.3 is 0 Å². The monoisotopic (exact) mass is 398 g/mol. The predicted octanol–water partition coefficient (Wildman–Crippen LogP) is 4.24. The maximum Gasteiger partial charge on any atom is 0.251 e.